The fraction of sp³-hybridized carbons (Fsp3) is 0.130. The molecule has 9 nitrogen and oxygen atoms in total. The fourth-order valence-electron chi connectivity index (χ4n) is 3.31. The number of ether oxygens (including phenoxy) is 2. The number of amides is 1. The third-order valence-corrected chi connectivity index (χ3v) is 5.18. The van der Waals surface area contributed by atoms with Crippen LogP contribution < -0.4 is 14.8 Å². The van der Waals surface area contributed by atoms with E-state index in [1.165, 1.54) is 10.9 Å². The van der Waals surface area contributed by atoms with Crippen LogP contribution in [0.5, 0.6) is 11.5 Å². The van der Waals surface area contributed by atoms with Gasteiger partial charge < -0.3 is 19.2 Å². The average molecular weight is 464 g/mol. The Kier molecular flexibility index (Phi) is 5.77. The van der Waals surface area contributed by atoms with Gasteiger partial charge in [0.05, 0.1) is 30.2 Å². The first-order chi connectivity index (χ1) is 16.2. The second-order valence-electron chi connectivity index (χ2n) is 7.11. The van der Waals surface area contributed by atoms with E-state index in [4.69, 9.17) is 25.5 Å². The number of hydrogen-bond donors (Lipinski definition) is 1. The molecule has 0 atom stereocenters. The van der Waals surface area contributed by atoms with Crippen molar-refractivity contribution in [2.24, 2.45) is 0 Å². The van der Waals surface area contributed by atoms with E-state index >= 15 is 0 Å². The van der Waals surface area contributed by atoms with Crippen LogP contribution in [0.15, 0.2) is 65.3 Å². The molecule has 1 aliphatic heterocycles. The van der Waals surface area contributed by atoms with Crippen molar-refractivity contribution in [1.82, 2.24) is 20.2 Å². The van der Waals surface area contributed by atoms with E-state index in [1.807, 2.05) is 30.3 Å². The minimum atomic E-state index is -0.493. The number of nitrogens with zero attached hydrogens (tertiary/aromatic N) is 4. The molecule has 4 aromatic rings. The predicted molar refractivity (Wildman–Crippen MR) is 122 cm³/mol. The number of halogens is 1. The van der Waals surface area contributed by atoms with Crippen LogP contribution in [-0.2, 0) is 4.79 Å². The largest absolute Gasteiger partial charge is 0.490 e. The zero-order chi connectivity index (χ0) is 22.6. The van der Waals surface area contributed by atoms with Gasteiger partial charge in [-0.25, -0.2) is 0 Å². The number of nitrogens with one attached hydrogen (secondary N) is 1. The van der Waals surface area contributed by atoms with E-state index < -0.39 is 5.91 Å². The molecule has 33 heavy (non-hydrogen) atoms. The Bertz CT molecular complexity index is 1300. The lowest BCUT2D eigenvalue weighted by molar-refractivity contribution is -0.111. The zero-order valence-electron chi connectivity index (χ0n) is 17.3. The van der Waals surface area contributed by atoms with Gasteiger partial charge in [-0.2, -0.15) is 4.68 Å². The molecule has 2 aromatic carbocycles. The Morgan fingerprint density at radius 1 is 1.06 bits per heavy atom. The van der Waals surface area contributed by atoms with Gasteiger partial charge in [0.25, 0.3) is 5.91 Å². The van der Waals surface area contributed by atoms with E-state index in [9.17, 15) is 4.79 Å². The minimum Gasteiger partial charge on any atom is -0.490 e. The summed E-state index contributed by atoms with van der Waals surface area (Å²) in [6.07, 6.45) is 3.82. The Morgan fingerprint density at radius 2 is 1.85 bits per heavy atom. The highest BCUT2D eigenvalue weighted by Crippen LogP contribution is 2.38. The highest BCUT2D eigenvalue weighted by molar-refractivity contribution is 6.35. The van der Waals surface area contributed by atoms with Gasteiger partial charge in [-0.1, -0.05) is 41.9 Å². The van der Waals surface area contributed by atoms with Crippen LogP contribution in [0, 0.1) is 0 Å². The lowest BCUT2D eigenvalue weighted by atomic mass is 10.2. The third kappa shape index (κ3) is 4.44. The van der Waals surface area contributed by atoms with Crippen molar-refractivity contribution < 1.29 is 18.7 Å². The SMILES string of the molecule is O=C(Nc1cc2c(cc1Cl)OCCCO2)C(=Cc1ccco1)n1nnnc1-c1ccccc1. The van der Waals surface area contributed by atoms with Crippen molar-refractivity contribution in [3.05, 3.63) is 71.6 Å². The van der Waals surface area contributed by atoms with E-state index in [0.29, 0.717) is 47.0 Å². The first-order valence-electron chi connectivity index (χ1n) is 10.2. The summed E-state index contributed by atoms with van der Waals surface area (Å²) in [5.74, 6) is 1.41. The maximum absolute atomic E-state index is 13.4. The second kappa shape index (κ2) is 9.17. The van der Waals surface area contributed by atoms with Crippen LogP contribution in [0.3, 0.4) is 0 Å². The lowest BCUT2D eigenvalue weighted by Crippen LogP contribution is -2.19. The van der Waals surface area contributed by atoms with Crippen LogP contribution in [0.1, 0.15) is 12.2 Å². The normalized spacial score (nSPS) is 13.4. The summed E-state index contributed by atoms with van der Waals surface area (Å²) in [4.78, 5) is 13.4. The molecule has 0 aliphatic carbocycles. The number of rotatable bonds is 5. The van der Waals surface area contributed by atoms with Gasteiger partial charge in [-0.05, 0) is 22.6 Å². The summed E-state index contributed by atoms with van der Waals surface area (Å²) in [6.45, 7) is 1.04. The van der Waals surface area contributed by atoms with Gasteiger partial charge in [-0.15, -0.1) is 5.10 Å². The highest BCUT2D eigenvalue weighted by atomic mass is 35.5. The number of fused-ring (bicyclic) bond motifs is 1. The molecule has 1 aliphatic rings. The van der Waals surface area contributed by atoms with Crippen LogP contribution >= 0.6 is 11.6 Å². The van der Waals surface area contributed by atoms with Gasteiger partial charge >= 0.3 is 0 Å². The van der Waals surface area contributed by atoms with E-state index in [0.717, 1.165) is 12.0 Å². The Morgan fingerprint density at radius 3 is 2.61 bits per heavy atom. The maximum Gasteiger partial charge on any atom is 0.274 e. The van der Waals surface area contributed by atoms with E-state index in [2.05, 4.69) is 20.8 Å². The van der Waals surface area contributed by atoms with Crippen LogP contribution in [0.2, 0.25) is 5.02 Å². The molecule has 0 unspecified atom stereocenters. The summed E-state index contributed by atoms with van der Waals surface area (Å²) in [5, 5.41) is 15.1. The smallest absolute Gasteiger partial charge is 0.274 e. The molecule has 0 radical (unpaired) electrons. The average Bonchev–Trinajstić information content (AvgIpc) is 3.47. The molecule has 0 spiro atoms. The number of carbonyl (C=O) groups is 1. The number of carbonyl (C=O) groups excluding carboxylic acids is 1. The monoisotopic (exact) mass is 463 g/mol. The van der Waals surface area contributed by atoms with Crippen molar-refractivity contribution in [2.75, 3.05) is 18.5 Å². The summed E-state index contributed by atoms with van der Waals surface area (Å²) >= 11 is 6.42. The van der Waals surface area contributed by atoms with E-state index in [1.54, 1.807) is 30.3 Å². The summed E-state index contributed by atoms with van der Waals surface area (Å²) in [7, 11) is 0. The third-order valence-electron chi connectivity index (χ3n) is 4.87. The number of hydrogen-bond acceptors (Lipinski definition) is 7. The van der Waals surface area contributed by atoms with Gasteiger partial charge in [0.2, 0.25) is 0 Å². The number of anilines is 1. The number of furan rings is 1. The maximum atomic E-state index is 13.4. The van der Waals surface area contributed by atoms with Crippen molar-refractivity contribution in [2.45, 2.75) is 6.42 Å². The number of tetrazole rings is 1. The molecule has 3 heterocycles. The first-order valence-corrected chi connectivity index (χ1v) is 10.6. The Hall–Kier alpha value is -4.11. The molecule has 166 valence electrons. The zero-order valence-corrected chi connectivity index (χ0v) is 18.0. The lowest BCUT2D eigenvalue weighted by Gasteiger charge is -2.14. The van der Waals surface area contributed by atoms with Gasteiger partial charge in [-0.3, -0.25) is 4.79 Å². The van der Waals surface area contributed by atoms with Crippen LogP contribution in [0.4, 0.5) is 5.69 Å². The predicted octanol–water partition coefficient (Wildman–Crippen LogP) is 4.38. The molecule has 10 heteroatoms. The van der Waals surface area contributed by atoms with Crippen LogP contribution in [0.25, 0.3) is 23.2 Å². The number of benzene rings is 2. The Balaban J connectivity index is 1.53. The molecule has 0 saturated carbocycles. The van der Waals surface area contributed by atoms with Gasteiger partial charge in [0.15, 0.2) is 17.3 Å². The fourth-order valence-corrected chi connectivity index (χ4v) is 3.51. The molecule has 2 aromatic heterocycles. The molecule has 0 saturated heterocycles. The number of aromatic nitrogens is 4. The second-order valence-corrected chi connectivity index (χ2v) is 7.52. The molecule has 5 rings (SSSR count). The molecule has 1 N–H and O–H groups in total. The minimum absolute atomic E-state index is 0.136. The molecular weight excluding hydrogens is 446 g/mol. The van der Waals surface area contributed by atoms with Gasteiger partial charge in [0, 0.05) is 30.2 Å². The summed E-state index contributed by atoms with van der Waals surface area (Å²) < 4.78 is 18.1. The van der Waals surface area contributed by atoms with Crippen molar-refractivity contribution >= 4 is 35.0 Å². The summed E-state index contributed by atoms with van der Waals surface area (Å²) in [6, 6.07) is 16.0. The quantitative estimate of drug-likeness (QED) is 0.438. The van der Waals surface area contributed by atoms with Gasteiger partial charge in [0.1, 0.15) is 11.5 Å². The van der Waals surface area contributed by atoms with Crippen molar-refractivity contribution in [3.8, 4) is 22.9 Å². The highest BCUT2D eigenvalue weighted by Gasteiger charge is 2.22. The summed E-state index contributed by atoms with van der Waals surface area (Å²) in [5.41, 5.74) is 1.25. The van der Waals surface area contributed by atoms with Crippen molar-refractivity contribution in [1.29, 1.82) is 0 Å². The molecular formula is C23H18ClN5O4. The van der Waals surface area contributed by atoms with Crippen LogP contribution in [-0.4, -0.2) is 39.3 Å². The molecule has 0 fully saturated rings. The standard InChI is InChI=1S/C23H18ClN5O4/c24-17-13-20-21(33-11-5-10-32-20)14-18(17)25-23(30)19(12-16-8-4-9-31-16)29-22(26-27-28-29)15-6-2-1-3-7-15/h1-4,6-9,12-14H,5,10-11H2,(H,25,30). The topological polar surface area (TPSA) is 104 Å². The first kappa shape index (κ1) is 20.8. The Labute approximate surface area is 193 Å². The van der Waals surface area contributed by atoms with Crippen molar-refractivity contribution in [3.63, 3.8) is 0 Å². The molecule has 1 amide bonds. The van der Waals surface area contributed by atoms with E-state index in [-0.39, 0.29) is 5.70 Å². The molecule has 0 bridgehead atoms.